The number of amides is 2. The van der Waals surface area contributed by atoms with Gasteiger partial charge in [-0.15, -0.1) is 0 Å². The predicted molar refractivity (Wildman–Crippen MR) is 93.5 cm³/mol. The van der Waals surface area contributed by atoms with Crippen LogP contribution in [0, 0.1) is 5.82 Å². The van der Waals surface area contributed by atoms with E-state index >= 15 is 0 Å². The van der Waals surface area contributed by atoms with Crippen molar-refractivity contribution in [2.45, 2.75) is 25.8 Å². The summed E-state index contributed by atoms with van der Waals surface area (Å²) in [5.41, 5.74) is 1.10. The second-order valence-corrected chi connectivity index (χ2v) is 5.94. The van der Waals surface area contributed by atoms with Crippen LogP contribution in [0.4, 0.5) is 15.8 Å². The van der Waals surface area contributed by atoms with E-state index < -0.39 is 11.7 Å². The summed E-state index contributed by atoms with van der Waals surface area (Å²) in [4.78, 5) is 26.2. The lowest BCUT2D eigenvalue weighted by molar-refractivity contribution is -0.116. The number of nitrogens with one attached hydrogen (secondary N) is 1. The van der Waals surface area contributed by atoms with Crippen molar-refractivity contribution in [2.24, 2.45) is 0 Å². The van der Waals surface area contributed by atoms with Crippen LogP contribution >= 0.6 is 0 Å². The third-order valence-corrected chi connectivity index (χ3v) is 4.07. The van der Waals surface area contributed by atoms with E-state index in [4.69, 9.17) is 4.74 Å². The quantitative estimate of drug-likeness (QED) is 0.903. The Bertz CT molecular complexity index is 818. The Morgan fingerprint density at radius 2 is 1.92 bits per heavy atom. The van der Waals surface area contributed by atoms with Crippen LogP contribution in [0.2, 0.25) is 0 Å². The number of carbonyl (C=O) groups is 2. The maximum atomic E-state index is 13.7. The first-order chi connectivity index (χ1) is 12.0. The topological polar surface area (TPSA) is 58.6 Å². The number of hydrogen-bond donors (Lipinski definition) is 1. The third-order valence-electron chi connectivity index (χ3n) is 4.07. The Hall–Kier alpha value is -2.89. The van der Waals surface area contributed by atoms with Gasteiger partial charge in [-0.25, -0.2) is 4.39 Å². The molecule has 130 valence electrons. The molecule has 1 aliphatic carbocycles. The van der Waals surface area contributed by atoms with Gasteiger partial charge in [0.2, 0.25) is 5.91 Å². The lowest BCUT2D eigenvalue weighted by Gasteiger charge is -2.24. The minimum atomic E-state index is -0.488. The zero-order valence-electron chi connectivity index (χ0n) is 14.1. The van der Waals surface area contributed by atoms with E-state index in [9.17, 15) is 14.0 Å². The maximum Gasteiger partial charge on any atom is 0.259 e. The van der Waals surface area contributed by atoms with Gasteiger partial charge in [0.1, 0.15) is 11.6 Å². The minimum absolute atomic E-state index is 0.102. The molecule has 0 unspecified atom stereocenters. The molecule has 2 aromatic carbocycles. The molecular weight excluding hydrogens is 323 g/mol. The van der Waals surface area contributed by atoms with Crippen molar-refractivity contribution in [3.05, 3.63) is 53.8 Å². The number of nitrogens with zero attached hydrogens (tertiary/aromatic N) is 1. The molecule has 2 aromatic rings. The smallest absolute Gasteiger partial charge is 0.259 e. The molecule has 1 saturated carbocycles. The van der Waals surface area contributed by atoms with E-state index in [1.54, 1.807) is 29.2 Å². The van der Waals surface area contributed by atoms with Gasteiger partial charge in [0.15, 0.2) is 0 Å². The number of methoxy groups -OCH3 is 1. The first kappa shape index (κ1) is 17.0. The zero-order valence-corrected chi connectivity index (χ0v) is 14.1. The van der Waals surface area contributed by atoms with Crippen LogP contribution in [0.25, 0.3) is 0 Å². The van der Waals surface area contributed by atoms with Crippen LogP contribution in [-0.4, -0.2) is 25.0 Å². The van der Waals surface area contributed by atoms with Crippen molar-refractivity contribution in [3.8, 4) is 5.75 Å². The van der Waals surface area contributed by atoms with Gasteiger partial charge in [-0.05, 0) is 43.2 Å². The summed E-state index contributed by atoms with van der Waals surface area (Å²) in [5.74, 6) is -0.632. The van der Waals surface area contributed by atoms with Crippen molar-refractivity contribution in [3.63, 3.8) is 0 Å². The summed E-state index contributed by atoms with van der Waals surface area (Å²) in [6.45, 7) is 1.47. The van der Waals surface area contributed by atoms with Gasteiger partial charge in [-0.3, -0.25) is 9.59 Å². The molecule has 0 atom stereocenters. The molecule has 0 radical (unpaired) electrons. The van der Waals surface area contributed by atoms with E-state index in [2.05, 4.69) is 5.32 Å². The molecular formula is C19H19FN2O3. The fourth-order valence-corrected chi connectivity index (χ4v) is 2.80. The third kappa shape index (κ3) is 3.63. The molecule has 1 fully saturated rings. The molecule has 0 bridgehead atoms. The van der Waals surface area contributed by atoms with E-state index in [-0.39, 0.29) is 17.6 Å². The average molecular weight is 342 g/mol. The SMILES string of the molecule is COc1ccccc1C(=O)Nc1cc(F)ccc1N(C(C)=O)C1CC1. The molecule has 0 aliphatic heterocycles. The summed E-state index contributed by atoms with van der Waals surface area (Å²) < 4.78 is 18.9. The van der Waals surface area contributed by atoms with Gasteiger partial charge in [-0.2, -0.15) is 0 Å². The Labute approximate surface area is 145 Å². The second kappa shape index (κ2) is 6.93. The maximum absolute atomic E-state index is 13.7. The number of para-hydroxylation sites is 1. The number of hydrogen-bond acceptors (Lipinski definition) is 3. The van der Waals surface area contributed by atoms with Gasteiger partial charge in [-0.1, -0.05) is 12.1 Å². The summed E-state index contributed by atoms with van der Waals surface area (Å²) in [6, 6.07) is 10.9. The number of halogens is 1. The molecule has 1 N–H and O–H groups in total. The Kier molecular flexibility index (Phi) is 4.70. The molecule has 0 aromatic heterocycles. The zero-order chi connectivity index (χ0) is 18.0. The van der Waals surface area contributed by atoms with Gasteiger partial charge in [0, 0.05) is 13.0 Å². The average Bonchev–Trinajstić information content (AvgIpc) is 3.41. The van der Waals surface area contributed by atoms with Crippen molar-refractivity contribution in [1.29, 1.82) is 0 Å². The Morgan fingerprint density at radius 3 is 2.56 bits per heavy atom. The van der Waals surface area contributed by atoms with Gasteiger partial charge >= 0.3 is 0 Å². The van der Waals surface area contributed by atoms with Crippen molar-refractivity contribution >= 4 is 23.2 Å². The summed E-state index contributed by atoms with van der Waals surface area (Å²) in [5, 5.41) is 2.71. The molecule has 25 heavy (non-hydrogen) atoms. The lowest BCUT2D eigenvalue weighted by Crippen LogP contribution is -2.31. The van der Waals surface area contributed by atoms with Crippen LogP contribution < -0.4 is 15.0 Å². The molecule has 5 nitrogen and oxygen atoms in total. The predicted octanol–water partition coefficient (Wildman–Crippen LogP) is 3.60. The molecule has 0 spiro atoms. The van der Waals surface area contributed by atoms with Gasteiger partial charge in [0.25, 0.3) is 5.91 Å². The second-order valence-electron chi connectivity index (χ2n) is 5.94. The minimum Gasteiger partial charge on any atom is -0.496 e. The fourth-order valence-electron chi connectivity index (χ4n) is 2.80. The van der Waals surface area contributed by atoms with Crippen molar-refractivity contribution in [1.82, 2.24) is 0 Å². The Balaban J connectivity index is 1.95. The highest BCUT2D eigenvalue weighted by atomic mass is 19.1. The highest BCUT2D eigenvalue weighted by Crippen LogP contribution is 2.36. The monoisotopic (exact) mass is 342 g/mol. The van der Waals surface area contributed by atoms with E-state index in [0.29, 0.717) is 17.0 Å². The number of ether oxygens (including phenoxy) is 1. The standard InChI is InChI=1S/C19H19FN2O3/c1-12(23)22(14-8-9-14)17-10-7-13(20)11-16(17)21-19(24)15-5-3-4-6-18(15)25-2/h3-7,10-11,14H,8-9H2,1-2H3,(H,21,24). The largest absolute Gasteiger partial charge is 0.496 e. The molecule has 1 aliphatic rings. The molecule has 3 rings (SSSR count). The van der Waals surface area contributed by atoms with Gasteiger partial charge < -0.3 is 15.0 Å². The van der Waals surface area contributed by atoms with Gasteiger partial charge in [0.05, 0.1) is 24.0 Å². The number of carbonyl (C=O) groups excluding carboxylic acids is 2. The van der Waals surface area contributed by atoms with Crippen molar-refractivity contribution < 1.29 is 18.7 Å². The van der Waals surface area contributed by atoms with E-state index in [1.807, 2.05) is 0 Å². The Morgan fingerprint density at radius 1 is 1.20 bits per heavy atom. The van der Waals surface area contributed by atoms with Crippen LogP contribution in [-0.2, 0) is 4.79 Å². The van der Waals surface area contributed by atoms with Crippen LogP contribution in [0.1, 0.15) is 30.1 Å². The summed E-state index contributed by atoms with van der Waals surface area (Å²) in [7, 11) is 1.48. The van der Waals surface area contributed by atoms with Crippen LogP contribution in [0.3, 0.4) is 0 Å². The number of anilines is 2. The molecule has 0 saturated heterocycles. The first-order valence-corrected chi connectivity index (χ1v) is 8.05. The fraction of sp³-hybridized carbons (Fsp3) is 0.263. The highest BCUT2D eigenvalue weighted by molar-refractivity contribution is 6.09. The first-order valence-electron chi connectivity index (χ1n) is 8.05. The van der Waals surface area contributed by atoms with Crippen LogP contribution in [0.5, 0.6) is 5.75 Å². The molecule has 0 heterocycles. The molecule has 6 heteroatoms. The normalized spacial score (nSPS) is 13.2. The number of benzene rings is 2. The highest BCUT2D eigenvalue weighted by Gasteiger charge is 2.33. The molecule has 2 amide bonds. The van der Waals surface area contributed by atoms with E-state index in [0.717, 1.165) is 12.8 Å². The van der Waals surface area contributed by atoms with E-state index in [1.165, 1.54) is 32.2 Å². The lowest BCUT2D eigenvalue weighted by atomic mass is 10.1. The van der Waals surface area contributed by atoms with Crippen molar-refractivity contribution in [2.75, 3.05) is 17.3 Å². The number of rotatable bonds is 5. The summed E-state index contributed by atoms with van der Waals surface area (Å²) >= 11 is 0. The summed E-state index contributed by atoms with van der Waals surface area (Å²) in [6.07, 6.45) is 1.80. The van der Waals surface area contributed by atoms with Crippen LogP contribution in [0.15, 0.2) is 42.5 Å².